The molecule has 0 bridgehead atoms. The van der Waals surface area contributed by atoms with Gasteiger partial charge in [0.15, 0.2) is 11.5 Å². The first-order valence-corrected chi connectivity index (χ1v) is 11.3. The fourth-order valence-electron chi connectivity index (χ4n) is 4.77. The van der Waals surface area contributed by atoms with E-state index >= 15 is 0 Å². The lowest BCUT2D eigenvalue weighted by Gasteiger charge is -2.21. The molecule has 0 spiro atoms. The van der Waals surface area contributed by atoms with E-state index in [1.165, 1.54) is 0 Å². The Morgan fingerprint density at radius 1 is 1.03 bits per heavy atom. The van der Waals surface area contributed by atoms with Gasteiger partial charge in [0, 0.05) is 31.5 Å². The van der Waals surface area contributed by atoms with E-state index in [0.29, 0.717) is 42.8 Å². The Kier molecular flexibility index (Phi) is 7.68. The van der Waals surface area contributed by atoms with Gasteiger partial charge < -0.3 is 24.4 Å². The number of nitrogens with one attached hydrogen (secondary N) is 1. The molecule has 7 nitrogen and oxygen atoms in total. The Morgan fingerprint density at radius 2 is 1.65 bits per heavy atom. The Morgan fingerprint density at radius 3 is 2.16 bits per heavy atom. The van der Waals surface area contributed by atoms with Gasteiger partial charge in [0.25, 0.3) is 0 Å². The van der Waals surface area contributed by atoms with Gasteiger partial charge in [-0.3, -0.25) is 9.59 Å². The van der Waals surface area contributed by atoms with Crippen molar-refractivity contribution in [2.24, 2.45) is 17.8 Å². The van der Waals surface area contributed by atoms with Crippen LogP contribution in [0.15, 0.2) is 12.1 Å². The zero-order valence-electron chi connectivity index (χ0n) is 19.4. The van der Waals surface area contributed by atoms with Crippen LogP contribution in [0.1, 0.15) is 51.0 Å². The van der Waals surface area contributed by atoms with Crippen LogP contribution < -0.4 is 19.5 Å². The van der Waals surface area contributed by atoms with Gasteiger partial charge >= 0.3 is 0 Å². The van der Waals surface area contributed by atoms with E-state index < -0.39 is 0 Å². The van der Waals surface area contributed by atoms with Crippen LogP contribution >= 0.6 is 0 Å². The summed E-state index contributed by atoms with van der Waals surface area (Å²) in [7, 11) is 4.73. The SMILES string of the molecule is COc1cc([C@H]2CN(C(=O)C3CCCC3)C[C@H]2C(=O)NCC(C)C)cc(OC)c1OC. The van der Waals surface area contributed by atoms with Crippen LogP contribution in [-0.4, -0.2) is 57.7 Å². The predicted octanol–water partition coefficient (Wildman–Crippen LogP) is 3.22. The van der Waals surface area contributed by atoms with E-state index in [1.54, 1.807) is 21.3 Å². The molecule has 2 amide bonds. The average Bonchev–Trinajstić information content (AvgIpc) is 3.46. The van der Waals surface area contributed by atoms with Crippen LogP contribution in [0.5, 0.6) is 17.2 Å². The lowest BCUT2D eigenvalue weighted by molar-refractivity contribution is -0.134. The normalized spacial score (nSPS) is 21.4. The summed E-state index contributed by atoms with van der Waals surface area (Å²) in [6.45, 7) is 5.73. The second kappa shape index (κ2) is 10.2. The molecule has 1 heterocycles. The van der Waals surface area contributed by atoms with E-state index in [1.807, 2.05) is 17.0 Å². The monoisotopic (exact) mass is 432 g/mol. The highest BCUT2D eigenvalue weighted by Gasteiger charge is 2.42. The molecule has 31 heavy (non-hydrogen) atoms. The van der Waals surface area contributed by atoms with Crippen LogP contribution in [0.4, 0.5) is 0 Å². The van der Waals surface area contributed by atoms with Crippen LogP contribution in [0.3, 0.4) is 0 Å². The van der Waals surface area contributed by atoms with Gasteiger partial charge in [-0.1, -0.05) is 26.7 Å². The first kappa shape index (κ1) is 23.2. The number of amides is 2. The molecule has 1 saturated heterocycles. The highest BCUT2D eigenvalue weighted by molar-refractivity contribution is 5.84. The third kappa shape index (κ3) is 5.08. The van der Waals surface area contributed by atoms with Gasteiger partial charge in [-0.05, 0) is 36.5 Å². The average molecular weight is 433 g/mol. The molecule has 0 aromatic heterocycles. The minimum absolute atomic E-state index is 0.00539. The van der Waals surface area contributed by atoms with Crippen molar-refractivity contribution in [2.75, 3.05) is 41.0 Å². The van der Waals surface area contributed by atoms with Crippen LogP contribution in [0.25, 0.3) is 0 Å². The minimum atomic E-state index is -0.313. The fourth-order valence-corrected chi connectivity index (χ4v) is 4.77. The molecule has 1 aliphatic carbocycles. The van der Waals surface area contributed by atoms with Crippen molar-refractivity contribution in [1.82, 2.24) is 10.2 Å². The zero-order valence-corrected chi connectivity index (χ0v) is 19.4. The first-order chi connectivity index (χ1) is 14.9. The number of carbonyl (C=O) groups is 2. The summed E-state index contributed by atoms with van der Waals surface area (Å²) >= 11 is 0. The summed E-state index contributed by atoms with van der Waals surface area (Å²) in [5.74, 6) is 1.82. The van der Waals surface area contributed by atoms with E-state index in [4.69, 9.17) is 14.2 Å². The maximum Gasteiger partial charge on any atom is 0.225 e. The molecule has 2 atom stereocenters. The molecular weight excluding hydrogens is 396 g/mol. The predicted molar refractivity (Wildman–Crippen MR) is 119 cm³/mol. The summed E-state index contributed by atoms with van der Waals surface area (Å²) in [6.07, 6.45) is 4.13. The van der Waals surface area contributed by atoms with Crippen molar-refractivity contribution in [3.05, 3.63) is 17.7 Å². The summed E-state index contributed by atoms with van der Waals surface area (Å²) in [6, 6.07) is 3.80. The fraction of sp³-hybridized carbons (Fsp3) is 0.667. The Labute approximate surface area is 185 Å². The quantitative estimate of drug-likeness (QED) is 0.683. The lowest BCUT2D eigenvalue weighted by Crippen LogP contribution is -2.38. The third-order valence-corrected chi connectivity index (χ3v) is 6.47. The zero-order chi connectivity index (χ0) is 22.5. The summed E-state index contributed by atoms with van der Waals surface area (Å²) in [4.78, 5) is 28.1. The molecular formula is C24H36N2O5. The number of methoxy groups -OCH3 is 3. The lowest BCUT2D eigenvalue weighted by atomic mass is 9.87. The summed E-state index contributed by atoms with van der Waals surface area (Å²) in [5.41, 5.74) is 0.918. The van der Waals surface area contributed by atoms with Crippen molar-refractivity contribution in [2.45, 2.75) is 45.4 Å². The number of likely N-dealkylation sites (tertiary alicyclic amines) is 1. The number of hydrogen-bond donors (Lipinski definition) is 1. The van der Waals surface area contributed by atoms with Crippen molar-refractivity contribution in [1.29, 1.82) is 0 Å². The topological polar surface area (TPSA) is 77.1 Å². The van der Waals surface area contributed by atoms with Crippen molar-refractivity contribution < 1.29 is 23.8 Å². The van der Waals surface area contributed by atoms with Crippen molar-refractivity contribution in [3.63, 3.8) is 0 Å². The Balaban J connectivity index is 1.91. The molecule has 2 aliphatic rings. The van der Waals surface area contributed by atoms with Gasteiger partial charge in [0.2, 0.25) is 17.6 Å². The molecule has 1 N–H and O–H groups in total. The molecule has 2 fully saturated rings. The smallest absolute Gasteiger partial charge is 0.225 e. The number of hydrogen-bond acceptors (Lipinski definition) is 5. The van der Waals surface area contributed by atoms with E-state index in [0.717, 1.165) is 31.2 Å². The molecule has 0 unspecified atom stereocenters. The number of benzene rings is 1. The number of nitrogens with zero attached hydrogens (tertiary/aromatic N) is 1. The van der Waals surface area contributed by atoms with E-state index in [2.05, 4.69) is 19.2 Å². The van der Waals surface area contributed by atoms with Crippen molar-refractivity contribution in [3.8, 4) is 17.2 Å². The standard InChI is InChI=1S/C24H36N2O5/c1-15(2)12-25-23(27)19-14-26(24(28)16-8-6-7-9-16)13-18(19)17-10-20(29-3)22(31-5)21(11-17)30-4/h10-11,15-16,18-19H,6-9,12-14H2,1-5H3,(H,25,27)/t18-,19-/m1/s1. The minimum Gasteiger partial charge on any atom is -0.493 e. The van der Waals surface area contributed by atoms with Gasteiger partial charge in [-0.2, -0.15) is 0 Å². The summed E-state index contributed by atoms with van der Waals surface area (Å²) in [5, 5.41) is 3.07. The summed E-state index contributed by atoms with van der Waals surface area (Å²) < 4.78 is 16.5. The van der Waals surface area contributed by atoms with Crippen LogP contribution in [-0.2, 0) is 9.59 Å². The maximum atomic E-state index is 13.1. The second-order valence-corrected chi connectivity index (χ2v) is 9.04. The van der Waals surface area contributed by atoms with Crippen LogP contribution in [0, 0.1) is 17.8 Å². The molecule has 1 aromatic rings. The molecule has 1 aliphatic heterocycles. The second-order valence-electron chi connectivity index (χ2n) is 9.04. The highest BCUT2D eigenvalue weighted by Crippen LogP contribution is 2.43. The molecule has 7 heteroatoms. The largest absolute Gasteiger partial charge is 0.493 e. The van der Waals surface area contributed by atoms with Gasteiger partial charge in [-0.25, -0.2) is 0 Å². The number of ether oxygens (including phenoxy) is 3. The first-order valence-electron chi connectivity index (χ1n) is 11.3. The molecule has 0 radical (unpaired) electrons. The third-order valence-electron chi connectivity index (χ3n) is 6.47. The molecule has 1 aromatic carbocycles. The van der Waals surface area contributed by atoms with E-state index in [9.17, 15) is 9.59 Å². The molecule has 3 rings (SSSR count). The number of carbonyl (C=O) groups excluding carboxylic acids is 2. The van der Waals surface area contributed by atoms with E-state index in [-0.39, 0.29) is 29.6 Å². The van der Waals surface area contributed by atoms with Gasteiger partial charge in [-0.15, -0.1) is 0 Å². The number of rotatable bonds is 8. The van der Waals surface area contributed by atoms with Crippen LogP contribution in [0.2, 0.25) is 0 Å². The molecule has 172 valence electrons. The van der Waals surface area contributed by atoms with Gasteiger partial charge in [0.1, 0.15) is 0 Å². The Bertz CT molecular complexity index is 763. The highest BCUT2D eigenvalue weighted by atomic mass is 16.5. The Hall–Kier alpha value is -2.44. The van der Waals surface area contributed by atoms with Crippen molar-refractivity contribution >= 4 is 11.8 Å². The van der Waals surface area contributed by atoms with Gasteiger partial charge in [0.05, 0.1) is 27.2 Å². The molecule has 1 saturated carbocycles. The maximum absolute atomic E-state index is 13.1.